The Morgan fingerprint density at radius 1 is 0.544 bits per heavy atom. The van der Waals surface area contributed by atoms with Crippen molar-refractivity contribution in [3.05, 3.63) is 77.5 Å². The van der Waals surface area contributed by atoms with E-state index in [1.54, 1.807) is 31.5 Å². The zero-order chi connectivity index (χ0) is 48.4. The lowest BCUT2D eigenvalue weighted by Gasteiger charge is -2.23. The summed E-state index contributed by atoms with van der Waals surface area (Å²) in [6, 6.07) is 16.9. The predicted molar refractivity (Wildman–Crippen MR) is 261 cm³/mol. The van der Waals surface area contributed by atoms with Crippen molar-refractivity contribution in [2.75, 3.05) is 182 Å². The lowest BCUT2D eigenvalue weighted by molar-refractivity contribution is -0.0224. The van der Waals surface area contributed by atoms with Gasteiger partial charge in [0.05, 0.1) is 144 Å². The Bertz CT molecular complexity index is 1700. The molecular weight excluding hydrogens is 879 g/mol. The molecule has 17 nitrogen and oxygen atoms in total. The topological polar surface area (TPSA) is 173 Å². The van der Waals surface area contributed by atoms with Crippen molar-refractivity contribution in [3.63, 3.8) is 0 Å². The van der Waals surface area contributed by atoms with Gasteiger partial charge in [-0.25, -0.2) is 0 Å². The van der Waals surface area contributed by atoms with Crippen LogP contribution in [0.5, 0.6) is 0 Å². The standard InChI is InChI=1S/C51H79N3O14/c1-4-54(5-2)47-13-14-49(48(42-47)50-41-45(43-55)15-16-52-50)53-51(56)46-12-8-10-44(40-46)11-9-19-60-24-27-64-31-30-62-25-22-58-17-6-7-18-59-23-26-63-32-33-66-36-37-68-39-38-67-35-34-65-29-28-61-21-20-57-3/h8,10,12-16,40-43H,4-7,9,11,17-39H2,1-3H3,(H,53,56). The first kappa shape index (κ1) is 58.4. The number of aromatic nitrogens is 1. The number of hydrogen-bond acceptors (Lipinski definition) is 16. The molecular formula is C51H79N3O14. The highest BCUT2D eigenvalue weighted by atomic mass is 16.6. The van der Waals surface area contributed by atoms with E-state index in [1.807, 2.05) is 36.4 Å². The molecule has 0 spiro atoms. The van der Waals surface area contributed by atoms with Crippen molar-refractivity contribution in [2.45, 2.75) is 39.5 Å². The summed E-state index contributed by atoms with van der Waals surface area (Å²) in [5, 5.41) is 3.08. The largest absolute Gasteiger partial charge is 0.382 e. The van der Waals surface area contributed by atoms with Gasteiger partial charge in [-0.1, -0.05) is 12.1 Å². The fraction of sp³-hybridized carbons (Fsp3) is 0.627. The first-order valence-electron chi connectivity index (χ1n) is 24.1. The molecule has 0 saturated heterocycles. The maximum Gasteiger partial charge on any atom is 0.255 e. The molecule has 3 rings (SSSR count). The van der Waals surface area contributed by atoms with Gasteiger partial charge in [0, 0.05) is 68.6 Å². The number of nitrogens with zero attached hydrogens (tertiary/aromatic N) is 2. The monoisotopic (exact) mass is 958 g/mol. The molecule has 0 saturated carbocycles. The molecule has 0 bridgehead atoms. The summed E-state index contributed by atoms with van der Waals surface area (Å²) in [5.41, 5.74) is 5.13. The lowest BCUT2D eigenvalue weighted by atomic mass is 10.0. The Hall–Kier alpha value is -3.95. The van der Waals surface area contributed by atoms with E-state index in [0.717, 1.165) is 61.9 Å². The molecule has 1 amide bonds. The molecule has 0 aliphatic heterocycles. The van der Waals surface area contributed by atoms with Gasteiger partial charge in [0.25, 0.3) is 5.91 Å². The number of aryl methyl sites for hydroxylation is 1. The van der Waals surface area contributed by atoms with E-state index in [9.17, 15) is 9.59 Å². The van der Waals surface area contributed by atoms with Gasteiger partial charge in [-0.05, 0) is 87.6 Å². The molecule has 0 radical (unpaired) electrons. The smallest absolute Gasteiger partial charge is 0.255 e. The van der Waals surface area contributed by atoms with E-state index in [1.165, 1.54) is 0 Å². The number of unbranched alkanes of at least 4 members (excludes halogenated alkanes) is 1. The van der Waals surface area contributed by atoms with Crippen molar-refractivity contribution in [1.29, 1.82) is 0 Å². The van der Waals surface area contributed by atoms with Crippen LogP contribution in [0.15, 0.2) is 60.8 Å². The quantitative estimate of drug-likeness (QED) is 0.0501. The highest BCUT2D eigenvalue weighted by molar-refractivity contribution is 6.06. The minimum atomic E-state index is -0.219. The third-order valence-corrected chi connectivity index (χ3v) is 10.1. The zero-order valence-electron chi connectivity index (χ0n) is 41.0. The predicted octanol–water partition coefficient (Wildman–Crippen LogP) is 6.20. The van der Waals surface area contributed by atoms with Crippen LogP contribution in [0.2, 0.25) is 0 Å². The first-order chi connectivity index (χ1) is 33.6. The van der Waals surface area contributed by atoms with E-state index < -0.39 is 0 Å². The average Bonchev–Trinajstić information content (AvgIpc) is 3.36. The summed E-state index contributed by atoms with van der Waals surface area (Å²) in [5.74, 6) is -0.219. The molecule has 382 valence electrons. The van der Waals surface area contributed by atoms with Gasteiger partial charge in [0.15, 0.2) is 0 Å². The normalized spacial score (nSPS) is 11.3. The molecule has 1 aromatic heterocycles. The average molecular weight is 958 g/mol. The summed E-state index contributed by atoms with van der Waals surface area (Å²) < 4.78 is 65.9. The number of carbonyl (C=O) groups is 2. The number of rotatable bonds is 46. The highest BCUT2D eigenvalue weighted by Gasteiger charge is 2.15. The molecule has 0 unspecified atom stereocenters. The van der Waals surface area contributed by atoms with Crippen molar-refractivity contribution in [1.82, 2.24) is 4.98 Å². The number of amides is 1. The Labute approximate surface area is 404 Å². The fourth-order valence-electron chi connectivity index (χ4n) is 6.48. The molecule has 2 aromatic carbocycles. The summed E-state index contributed by atoms with van der Waals surface area (Å²) >= 11 is 0. The molecule has 0 atom stereocenters. The number of hydrogen-bond donors (Lipinski definition) is 1. The second-order valence-electron chi connectivity index (χ2n) is 15.2. The van der Waals surface area contributed by atoms with Crippen molar-refractivity contribution in [2.24, 2.45) is 0 Å². The Kier molecular flexibility index (Phi) is 35.1. The molecule has 0 aliphatic rings. The number of pyridine rings is 1. The Morgan fingerprint density at radius 2 is 1.00 bits per heavy atom. The van der Waals surface area contributed by atoms with Crippen LogP contribution < -0.4 is 10.2 Å². The van der Waals surface area contributed by atoms with Crippen molar-refractivity contribution in [3.8, 4) is 11.3 Å². The second kappa shape index (κ2) is 40.9. The molecule has 1 N–H and O–H groups in total. The van der Waals surface area contributed by atoms with Gasteiger partial charge in [-0.15, -0.1) is 0 Å². The third kappa shape index (κ3) is 27.9. The number of carbonyl (C=O) groups excluding carboxylic acids is 2. The van der Waals surface area contributed by atoms with Gasteiger partial charge in [-0.2, -0.15) is 0 Å². The van der Waals surface area contributed by atoms with Gasteiger partial charge in [-0.3, -0.25) is 14.6 Å². The minimum absolute atomic E-state index is 0.219. The summed E-state index contributed by atoms with van der Waals surface area (Å²) in [6.45, 7) is 18.3. The maximum atomic E-state index is 13.5. The van der Waals surface area contributed by atoms with E-state index >= 15 is 0 Å². The molecule has 1 heterocycles. The first-order valence-corrected chi connectivity index (χ1v) is 24.1. The Morgan fingerprint density at radius 3 is 1.46 bits per heavy atom. The number of ether oxygens (including phenoxy) is 12. The van der Waals surface area contributed by atoms with Crippen molar-refractivity contribution < 1.29 is 66.4 Å². The van der Waals surface area contributed by atoms with Gasteiger partial charge in [0.1, 0.15) is 6.29 Å². The third-order valence-electron chi connectivity index (χ3n) is 10.1. The van der Waals surface area contributed by atoms with Crippen LogP contribution in [-0.2, 0) is 63.3 Å². The maximum absolute atomic E-state index is 13.5. The van der Waals surface area contributed by atoms with E-state index in [4.69, 9.17) is 56.8 Å². The van der Waals surface area contributed by atoms with Gasteiger partial charge < -0.3 is 67.1 Å². The highest BCUT2D eigenvalue weighted by Crippen LogP contribution is 2.32. The van der Waals surface area contributed by atoms with Crippen LogP contribution in [0.4, 0.5) is 11.4 Å². The van der Waals surface area contributed by atoms with Crippen LogP contribution in [0.25, 0.3) is 11.3 Å². The second-order valence-corrected chi connectivity index (χ2v) is 15.2. The number of nitrogens with one attached hydrogen (secondary N) is 1. The van der Waals surface area contributed by atoms with Gasteiger partial charge in [0.2, 0.25) is 0 Å². The van der Waals surface area contributed by atoms with Crippen LogP contribution in [0.3, 0.4) is 0 Å². The van der Waals surface area contributed by atoms with Crippen LogP contribution in [-0.4, -0.2) is 189 Å². The molecule has 0 fully saturated rings. The summed E-state index contributed by atoms with van der Waals surface area (Å²) in [4.78, 5) is 31.7. The molecule has 17 heteroatoms. The molecule has 3 aromatic rings. The number of benzene rings is 2. The van der Waals surface area contributed by atoms with Crippen molar-refractivity contribution >= 4 is 23.6 Å². The van der Waals surface area contributed by atoms with Crippen LogP contribution >= 0.6 is 0 Å². The Balaban J connectivity index is 1.07. The number of aldehydes is 1. The summed E-state index contributed by atoms with van der Waals surface area (Å²) in [7, 11) is 1.65. The zero-order valence-corrected chi connectivity index (χ0v) is 41.0. The van der Waals surface area contributed by atoms with E-state index in [2.05, 4.69) is 29.0 Å². The summed E-state index contributed by atoms with van der Waals surface area (Å²) in [6.07, 6.45) is 5.83. The fourth-order valence-corrected chi connectivity index (χ4v) is 6.48. The lowest BCUT2D eigenvalue weighted by Crippen LogP contribution is -2.22. The number of anilines is 2. The SMILES string of the molecule is CCN(CC)c1ccc(NC(=O)c2cccc(CCCOCCOCCOCCOCCCCOCCOCCOCCOCCOCCOCCOCCOC)c2)c(-c2cc(C=O)ccn2)c1. The molecule has 68 heavy (non-hydrogen) atoms. The van der Waals surface area contributed by atoms with Crippen LogP contribution in [0, 0.1) is 0 Å². The van der Waals surface area contributed by atoms with E-state index in [0.29, 0.717) is 174 Å². The number of methoxy groups -OCH3 is 1. The molecule has 0 aliphatic carbocycles. The van der Waals surface area contributed by atoms with Crippen LogP contribution in [0.1, 0.15) is 59.4 Å². The minimum Gasteiger partial charge on any atom is -0.382 e. The van der Waals surface area contributed by atoms with Gasteiger partial charge >= 0.3 is 0 Å². The van der Waals surface area contributed by atoms with E-state index in [-0.39, 0.29) is 5.91 Å².